The Kier molecular flexibility index (Phi) is 7.60. The number of nitrogens with zero attached hydrogens (tertiary/aromatic N) is 5. The molecular weight excluding hydrogens is 495 g/mol. The largest absolute Gasteiger partial charge is 0.324 e. The van der Waals surface area contributed by atoms with Crippen LogP contribution < -0.4 is 15.4 Å². The van der Waals surface area contributed by atoms with E-state index in [1.165, 1.54) is 6.07 Å². The molecule has 1 fully saturated rings. The van der Waals surface area contributed by atoms with Gasteiger partial charge in [-0.1, -0.05) is 6.07 Å². The molecule has 3 aromatic heterocycles. The SMILES string of the molecule is Cc1cnc(Nc2cc(F)c(C3CCN(C)CC3)cn2)nc1Nc1cccc(NS(=O)(=O)C(C)(C)C)n1. The third kappa shape index (κ3) is 6.50. The van der Waals surface area contributed by atoms with Crippen molar-refractivity contribution in [3.63, 3.8) is 0 Å². The first kappa shape index (κ1) is 26.7. The third-order valence-electron chi connectivity index (χ3n) is 6.29. The van der Waals surface area contributed by atoms with Crippen LogP contribution in [-0.4, -0.2) is 58.1 Å². The lowest BCUT2D eigenvalue weighted by Gasteiger charge is -2.29. The predicted molar refractivity (Wildman–Crippen MR) is 144 cm³/mol. The first-order valence-electron chi connectivity index (χ1n) is 12.1. The van der Waals surface area contributed by atoms with Gasteiger partial charge in [-0.05, 0) is 78.7 Å². The number of aromatic nitrogens is 4. The van der Waals surface area contributed by atoms with Gasteiger partial charge in [0, 0.05) is 29.6 Å². The summed E-state index contributed by atoms with van der Waals surface area (Å²) < 4.78 is 41.4. The molecule has 0 aliphatic carbocycles. The minimum absolute atomic E-state index is 0.167. The van der Waals surface area contributed by atoms with Gasteiger partial charge in [0.2, 0.25) is 16.0 Å². The van der Waals surface area contributed by atoms with E-state index in [0.717, 1.165) is 31.5 Å². The second-order valence-corrected chi connectivity index (χ2v) is 12.7. The van der Waals surface area contributed by atoms with Crippen molar-refractivity contribution >= 4 is 39.2 Å². The molecule has 1 aliphatic rings. The summed E-state index contributed by atoms with van der Waals surface area (Å²) in [5.41, 5.74) is 1.38. The number of anilines is 5. The molecule has 0 amide bonds. The second kappa shape index (κ2) is 10.5. The number of nitrogens with one attached hydrogen (secondary N) is 3. The van der Waals surface area contributed by atoms with E-state index < -0.39 is 14.8 Å². The lowest BCUT2D eigenvalue weighted by Crippen LogP contribution is -2.34. The van der Waals surface area contributed by atoms with E-state index in [4.69, 9.17) is 0 Å². The number of halogens is 1. The van der Waals surface area contributed by atoms with E-state index in [2.05, 4.69) is 47.2 Å². The molecule has 0 radical (unpaired) electrons. The molecule has 37 heavy (non-hydrogen) atoms. The highest BCUT2D eigenvalue weighted by atomic mass is 32.2. The average molecular weight is 529 g/mol. The standard InChI is InChI=1S/C25H33FN8O2S/c1-16-14-28-24(31-22-13-19(26)18(15-27-22)17-9-11-34(5)12-10-17)32-23(16)30-20-7-6-8-21(29-20)33-37(35,36)25(2,3)4/h6-8,13-15,17H,9-12H2,1-5H3,(H3,27,28,29,30,31,32,33). The van der Waals surface area contributed by atoms with Gasteiger partial charge >= 0.3 is 0 Å². The molecule has 1 saturated heterocycles. The van der Waals surface area contributed by atoms with Crippen molar-refractivity contribution in [3.05, 3.63) is 53.6 Å². The van der Waals surface area contributed by atoms with Crippen molar-refractivity contribution in [2.24, 2.45) is 0 Å². The van der Waals surface area contributed by atoms with E-state index in [1.807, 2.05) is 6.92 Å². The number of piperidine rings is 1. The monoisotopic (exact) mass is 528 g/mol. The Bertz CT molecular complexity index is 1370. The maximum absolute atomic E-state index is 14.9. The molecule has 12 heteroatoms. The Balaban J connectivity index is 1.48. The van der Waals surface area contributed by atoms with Crippen molar-refractivity contribution in [3.8, 4) is 0 Å². The Hall–Kier alpha value is -3.38. The highest BCUT2D eigenvalue weighted by molar-refractivity contribution is 7.94. The van der Waals surface area contributed by atoms with E-state index in [9.17, 15) is 12.8 Å². The quantitative estimate of drug-likeness (QED) is 0.405. The van der Waals surface area contributed by atoms with Crippen molar-refractivity contribution in [2.75, 3.05) is 35.5 Å². The zero-order valence-electron chi connectivity index (χ0n) is 21.7. The highest BCUT2D eigenvalue weighted by Gasteiger charge is 2.29. The Morgan fingerprint density at radius 2 is 1.70 bits per heavy atom. The lowest BCUT2D eigenvalue weighted by atomic mass is 9.90. The predicted octanol–water partition coefficient (Wildman–Crippen LogP) is 4.55. The number of rotatable bonds is 7. The summed E-state index contributed by atoms with van der Waals surface area (Å²) in [6.07, 6.45) is 5.03. The maximum Gasteiger partial charge on any atom is 0.238 e. The van der Waals surface area contributed by atoms with Crippen LogP contribution in [0.25, 0.3) is 0 Å². The zero-order valence-corrected chi connectivity index (χ0v) is 22.5. The first-order chi connectivity index (χ1) is 17.4. The van der Waals surface area contributed by atoms with Gasteiger partial charge in [-0.25, -0.2) is 27.8 Å². The highest BCUT2D eigenvalue weighted by Crippen LogP contribution is 2.30. The molecule has 3 aromatic rings. The second-order valence-electron chi connectivity index (χ2n) is 10.3. The zero-order chi connectivity index (χ0) is 26.8. The van der Waals surface area contributed by atoms with Gasteiger partial charge in [0.1, 0.15) is 29.1 Å². The van der Waals surface area contributed by atoms with Crippen LogP contribution in [0.1, 0.15) is 50.7 Å². The third-order valence-corrected chi connectivity index (χ3v) is 8.38. The fourth-order valence-electron chi connectivity index (χ4n) is 3.85. The Morgan fingerprint density at radius 1 is 1.00 bits per heavy atom. The van der Waals surface area contributed by atoms with Crippen LogP contribution in [0.3, 0.4) is 0 Å². The molecule has 0 spiro atoms. The average Bonchev–Trinajstić information content (AvgIpc) is 2.81. The summed E-state index contributed by atoms with van der Waals surface area (Å²) in [7, 11) is -1.55. The summed E-state index contributed by atoms with van der Waals surface area (Å²) in [5, 5.41) is 6.06. The first-order valence-corrected chi connectivity index (χ1v) is 13.6. The van der Waals surface area contributed by atoms with Crippen LogP contribution in [0.15, 0.2) is 36.7 Å². The fraction of sp³-hybridized carbons (Fsp3) is 0.440. The van der Waals surface area contributed by atoms with Crippen LogP contribution >= 0.6 is 0 Å². The molecule has 10 nitrogen and oxygen atoms in total. The van der Waals surface area contributed by atoms with Gasteiger partial charge in [0.25, 0.3) is 0 Å². The minimum Gasteiger partial charge on any atom is -0.324 e. The summed E-state index contributed by atoms with van der Waals surface area (Å²) in [6.45, 7) is 8.54. The number of hydrogen-bond donors (Lipinski definition) is 3. The maximum atomic E-state index is 14.9. The van der Waals surface area contributed by atoms with Crippen LogP contribution in [-0.2, 0) is 10.0 Å². The Morgan fingerprint density at radius 3 is 2.38 bits per heavy atom. The molecular formula is C25H33FN8O2S. The number of likely N-dealkylation sites (tertiary alicyclic amines) is 1. The summed E-state index contributed by atoms with van der Waals surface area (Å²) >= 11 is 0. The van der Waals surface area contributed by atoms with Crippen LogP contribution in [0.5, 0.6) is 0 Å². The smallest absolute Gasteiger partial charge is 0.238 e. The molecule has 3 N–H and O–H groups in total. The van der Waals surface area contributed by atoms with Gasteiger partial charge in [-0.15, -0.1) is 0 Å². The van der Waals surface area contributed by atoms with Gasteiger partial charge in [0.05, 0.1) is 4.75 Å². The minimum atomic E-state index is -3.62. The number of aryl methyl sites for hydroxylation is 1. The number of pyridine rings is 2. The van der Waals surface area contributed by atoms with E-state index in [1.54, 1.807) is 51.4 Å². The van der Waals surface area contributed by atoms with E-state index in [-0.39, 0.29) is 23.5 Å². The molecule has 198 valence electrons. The summed E-state index contributed by atoms with van der Waals surface area (Å²) in [4.78, 5) is 19.7. The topological polar surface area (TPSA) is 125 Å². The van der Waals surface area contributed by atoms with Gasteiger partial charge in [-0.3, -0.25) is 4.72 Å². The lowest BCUT2D eigenvalue weighted by molar-refractivity contribution is 0.253. The molecule has 0 bridgehead atoms. The van der Waals surface area contributed by atoms with E-state index in [0.29, 0.717) is 23.0 Å². The van der Waals surface area contributed by atoms with Crippen molar-refractivity contribution < 1.29 is 12.8 Å². The van der Waals surface area contributed by atoms with Crippen LogP contribution in [0, 0.1) is 12.7 Å². The normalized spacial score (nSPS) is 15.4. The van der Waals surface area contributed by atoms with Crippen LogP contribution in [0.2, 0.25) is 0 Å². The molecule has 0 saturated carbocycles. The van der Waals surface area contributed by atoms with Crippen molar-refractivity contribution in [2.45, 2.75) is 51.2 Å². The molecule has 1 aliphatic heterocycles. The molecule has 0 unspecified atom stereocenters. The molecule has 0 aromatic carbocycles. The molecule has 4 rings (SSSR count). The molecule has 4 heterocycles. The number of sulfonamides is 1. The van der Waals surface area contributed by atoms with Crippen molar-refractivity contribution in [1.29, 1.82) is 0 Å². The molecule has 0 atom stereocenters. The van der Waals surface area contributed by atoms with E-state index >= 15 is 0 Å². The summed E-state index contributed by atoms with van der Waals surface area (Å²) in [6, 6.07) is 6.33. The van der Waals surface area contributed by atoms with Crippen LogP contribution in [0.4, 0.5) is 33.6 Å². The van der Waals surface area contributed by atoms with Crippen molar-refractivity contribution in [1.82, 2.24) is 24.8 Å². The van der Waals surface area contributed by atoms with Gasteiger partial charge < -0.3 is 15.5 Å². The number of hydrogen-bond acceptors (Lipinski definition) is 9. The summed E-state index contributed by atoms with van der Waals surface area (Å²) in [5.74, 6) is 1.46. The fourth-order valence-corrected chi connectivity index (χ4v) is 4.54. The Labute approximate surface area is 217 Å². The van der Waals surface area contributed by atoms with Gasteiger partial charge in [0.15, 0.2) is 0 Å². The van der Waals surface area contributed by atoms with Gasteiger partial charge in [-0.2, -0.15) is 4.98 Å².